The molecule has 1 aromatic carbocycles. The molecule has 196 valence electrons. The molecule has 1 aromatic rings. The van der Waals surface area contributed by atoms with E-state index in [4.69, 9.17) is 9.47 Å². The average molecular weight is 489 g/mol. The van der Waals surface area contributed by atoms with Gasteiger partial charge in [-0.15, -0.1) is 0 Å². The van der Waals surface area contributed by atoms with Gasteiger partial charge in [0.15, 0.2) is 0 Å². The molecule has 0 bridgehead atoms. The van der Waals surface area contributed by atoms with E-state index in [0.717, 1.165) is 49.9 Å². The first-order valence-corrected chi connectivity index (χ1v) is 13.0. The fourth-order valence-electron chi connectivity index (χ4n) is 4.34. The van der Waals surface area contributed by atoms with Gasteiger partial charge in [-0.1, -0.05) is 19.9 Å². The normalized spacial score (nSPS) is 16.1. The number of carbonyl (C=O) groups is 3. The van der Waals surface area contributed by atoms with Gasteiger partial charge in [0.05, 0.1) is 12.7 Å². The second-order valence-corrected chi connectivity index (χ2v) is 10.3. The predicted octanol–water partition coefficient (Wildman–Crippen LogP) is 5.38. The number of hydrogen-bond acceptors (Lipinski definition) is 5. The van der Waals surface area contributed by atoms with Crippen molar-refractivity contribution in [1.82, 2.24) is 9.80 Å². The number of aryl methyl sites for hydroxylation is 2. The third-order valence-electron chi connectivity index (χ3n) is 6.41. The largest absolute Gasteiger partial charge is 0.465 e. The molecular weight excluding hydrogens is 444 g/mol. The molecule has 35 heavy (non-hydrogen) atoms. The van der Waals surface area contributed by atoms with Crippen LogP contribution in [0.4, 0.5) is 4.79 Å². The van der Waals surface area contributed by atoms with Crippen LogP contribution in [0.1, 0.15) is 88.2 Å². The highest BCUT2D eigenvalue weighted by Gasteiger charge is 2.37. The number of amides is 2. The van der Waals surface area contributed by atoms with Crippen LogP contribution < -0.4 is 0 Å². The van der Waals surface area contributed by atoms with E-state index in [-0.39, 0.29) is 18.0 Å². The van der Waals surface area contributed by atoms with Gasteiger partial charge in [-0.25, -0.2) is 9.59 Å². The van der Waals surface area contributed by atoms with Gasteiger partial charge in [-0.2, -0.15) is 0 Å². The summed E-state index contributed by atoms with van der Waals surface area (Å²) < 4.78 is 10.4. The molecule has 0 unspecified atom stereocenters. The lowest BCUT2D eigenvalue weighted by Crippen LogP contribution is -2.45. The second-order valence-electron chi connectivity index (χ2n) is 10.3. The van der Waals surface area contributed by atoms with Gasteiger partial charge in [0.25, 0.3) is 0 Å². The van der Waals surface area contributed by atoms with E-state index in [2.05, 4.69) is 0 Å². The molecular formula is C28H44N2O5. The van der Waals surface area contributed by atoms with Crippen LogP contribution in [-0.4, -0.2) is 66.2 Å². The predicted molar refractivity (Wildman–Crippen MR) is 137 cm³/mol. The minimum atomic E-state index is -0.488. The van der Waals surface area contributed by atoms with E-state index >= 15 is 0 Å². The number of piperidine rings is 1. The van der Waals surface area contributed by atoms with Crippen molar-refractivity contribution in [3.05, 3.63) is 34.9 Å². The smallest absolute Gasteiger partial charge is 0.410 e. The monoisotopic (exact) mass is 488 g/mol. The number of carbonyl (C=O) groups excluding carboxylic acids is 3. The number of esters is 1. The van der Waals surface area contributed by atoms with Crippen LogP contribution in [0, 0.1) is 12.8 Å². The van der Waals surface area contributed by atoms with Crippen molar-refractivity contribution in [2.24, 2.45) is 5.92 Å². The van der Waals surface area contributed by atoms with Gasteiger partial charge < -0.3 is 19.3 Å². The lowest BCUT2D eigenvalue weighted by Gasteiger charge is -2.35. The van der Waals surface area contributed by atoms with Crippen molar-refractivity contribution in [2.45, 2.75) is 91.7 Å². The third kappa shape index (κ3) is 8.86. The van der Waals surface area contributed by atoms with Gasteiger partial charge in [-0.3, -0.25) is 4.79 Å². The van der Waals surface area contributed by atoms with Crippen molar-refractivity contribution >= 4 is 18.0 Å². The minimum absolute atomic E-state index is 0.163. The Hall–Kier alpha value is -2.57. The molecule has 1 saturated carbocycles. The van der Waals surface area contributed by atoms with Gasteiger partial charge >= 0.3 is 12.1 Å². The molecule has 1 saturated heterocycles. The van der Waals surface area contributed by atoms with Gasteiger partial charge in [-0.05, 0) is 89.0 Å². The topological polar surface area (TPSA) is 76.2 Å². The highest BCUT2D eigenvalue weighted by Crippen LogP contribution is 2.31. The van der Waals surface area contributed by atoms with E-state index in [1.54, 1.807) is 6.07 Å². The molecule has 2 aliphatic rings. The fraction of sp³-hybridized carbons (Fsp3) is 0.679. The molecule has 2 amide bonds. The highest BCUT2D eigenvalue weighted by atomic mass is 16.6. The molecule has 7 nitrogen and oxygen atoms in total. The zero-order chi connectivity index (χ0) is 26.2. The highest BCUT2D eigenvalue weighted by molar-refractivity contribution is 5.89. The lowest BCUT2D eigenvalue weighted by molar-refractivity contribution is -0.132. The summed E-state index contributed by atoms with van der Waals surface area (Å²) in [6, 6.07) is 5.78. The van der Waals surface area contributed by atoms with Crippen LogP contribution in [0.15, 0.2) is 18.2 Å². The second kappa shape index (κ2) is 12.9. The molecule has 0 N–H and O–H groups in total. The summed E-state index contributed by atoms with van der Waals surface area (Å²) in [5, 5.41) is 0. The number of benzene rings is 1. The van der Waals surface area contributed by atoms with Crippen molar-refractivity contribution in [3.8, 4) is 0 Å². The summed E-state index contributed by atoms with van der Waals surface area (Å²) in [6.45, 7) is 13.8. The number of methoxy groups -OCH3 is 1. The number of rotatable bonds is 7. The average Bonchev–Trinajstić information content (AvgIpc) is 3.66. The molecule has 3 rings (SSSR count). The molecule has 0 aromatic heterocycles. The first-order valence-electron chi connectivity index (χ1n) is 13.0. The third-order valence-corrected chi connectivity index (χ3v) is 6.41. The van der Waals surface area contributed by atoms with Crippen molar-refractivity contribution in [1.29, 1.82) is 0 Å². The molecule has 1 aliphatic heterocycles. The number of hydrogen-bond donors (Lipinski definition) is 0. The van der Waals surface area contributed by atoms with Crippen LogP contribution in [-0.2, 0) is 20.7 Å². The minimum Gasteiger partial charge on any atom is -0.465 e. The van der Waals surface area contributed by atoms with Crippen LogP contribution in [0.3, 0.4) is 0 Å². The van der Waals surface area contributed by atoms with E-state index in [0.29, 0.717) is 36.9 Å². The number of likely N-dealkylation sites (tertiary alicyclic amines) is 1. The molecule has 1 heterocycles. The van der Waals surface area contributed by atoms with Crippen LogP contribution in [0.2, 0.25) is 0 Å². The summed E-state index contributed by atoms with van der Waals surface area (Å²) in [5.41, 5.74) is 2.10. The van der Waals surface area contributed by atoms with E-state index in [9.17, 15) is 14.4 Å². The Kier molecular flexibility index (Phi) is 10.6. The Labute approximate surface area is 211 Å². The van der Waals surface area contributed by atoms with Gasteiger partial charge in [0.2, 0.25) is 5.91 Å². The lowest BCUT2D eigenvalue weighted by atomic mass is 9.95. The Morgan fingerprint density at radius 2 is 1.69 bits per heavy atom. The summed E-state index contributed by atoms with van der Waals surface area (Å²) in [7, 11) is 1.37. The zero-order valence-electron chi connectivity index (χ0n) is 22.7. The first-order chi connectivity index (χ1) is 16.6. The van der Waals surface area contributed by atoms with Crippen molar-refractivity contribution < 1.29 is 23.9 Å². The fourth-order valence-corrected chi connectivity index (χ4v) is 4.34. The van der Waals surface area contributed by atoms with Crippen LogP contribution in [0.25, 0.3) is 0 Å². The van der Waals surface area contributed by atoms with Crippen molar-refractivity contribution in [3.63, 3.8) is 0 Å². The van der Waals surface area contributed by atoms with Crippen LogP contribution in [0.5, 0.6) is 0 Å². The maximum absolute atomic E-state index is 12.8. The SMILES string of the molecule is CC.COC(=O)c1ccc(CCC(=O)N2CCC(CN(C(=O)OC(C)(C)C)C3CC3)CC2)c(C)c1. The molecule has 7 heteroatoms. The summed E-state index contributed by atoms with van der Waals surface area (Å²) >= 11 is 0. The molecule has 0 radical (unpaired) electrons. The summed E-state index contributed by atoms with van der Waals surface area (Å²) in [6.07, 6.45) is 4.81. The van der Waals surface area contributed by atoms with E-state index in [1.807, 2.05) is 63.5 Å². The maximum Gasteiger partial charge on any atom is 0.410 e. The molecule has 1 aliphatic carbocycles. The van der Waals surface area contributed by atoms with E-state index < -0.39 is 5.60 Å². The Balaban J connectivity index is 0.00000210. The molecule has 0 atom stereocenters. The Morgan fingerprint density at radius 3 is 2.20 bits per heavy atom. The Morgan fingerprint density at radius 1 is 1.06 bits per heavy atom. The maximum atomic E-state index is 12.8. The Bertz CT molecular complexity index is 865. The summed E-state index contributed by atoms with van der Waals surface area (Å²) in [5.74, 6) is 0.210. The van der Waals surface area contributed by atoms with Crippen LogP contribution >= 0.6 is 0 Å². The van der Waals surface area contributed by atoms with E-state index in [1.165, 1.54) is 7.11 Å². The quantitative estimate of drug-likeness (QED) is 0.482. The zero-order valence-corrected chi connectivity index (χ0v) is 22.7. The molecule has 0 spiro atoms. The summed E-state index contributed by atoms with van der Waals surface area (Å²) in [4.78, 5) is 40.9. The number of ether oxygens (including phenoxy) is 2. The van der Waals surface area contributed by atoms with Gasteiger partial charge in [0.1, 0.15) is 5.60 Å². The van der Waals surface area contributed by atoms with Crippen molar-refractivity contribution in [2.75, 3.05) is 26.7 Å². The molecule has 2 fully saturated rings. The first kappa shape index (κ1) is 28.7. The van der Waals surface area contributed by atoms with Gasteiger partial charge in [0, 0.05) is 32.1 Å². The standard InChI is InChI=1S/C26H38N2O5.C2H6/c1-18-16-21(24(30)32-5)7-6-20(18)8-11-23(29)27-14-12-19(13-15-27)17-28(22-9-10-22)25(31)33-26(2,3)4;1-2/h6-7,16,19,22H,8-15,17H2,1-5H3;1-2H3. The number of nitrogens with zero attached hydrogens (tertiary/aromatic N) is 2.